The van der Waals surface area contributed by atoms with Crippen LogP contribution >= 0.6 is 11.3 Å². The lowest BCUT2D eigenvalue weighted by atomic mass is 9.98. The molecule has 0 aliphatic heterocycles. The fourth-order valence-electron chi connectivity index (χ4n) is 5.85. The van der Waals surface area contributed by atoms with Crippen molar-refractivity contribution in [1.29, 1.82) is 0 Å². The molecule has 38 heavy (non-hydrogen) atoms. The largest absolute Gasteiger partial charge is 0.308 e. The van der Waals surface area contributed by atoms with E-state index in [1.165, 1.54) is 63.9 Å². The fourth-order valence-corrected chi connectivity index (χ4v) is 7.06. The van der Waals surface area contributed by atoms with Gasteiger partial charge in [0.25, 0.3) is 0 Å². The number of hydrogen-bond donors (Lipinski definition) is 0. The number of nitrogens with zero attached hydrogens (tertiary/aromatic N) is 1. The van der Waals surface area contributed by atoms with Crippen LogP contribution in [0.2, 0.25) is 0 Å². The molecule has 0 atom stereocenters. The van der Waals surface area contributed by atoms with Crippen LogP contribution in [0.15, 0.2) is 140 Å². The monoisotopic (exact) mass is 501 g/mol. The van der Waals surface area contributed by atoms with Crippen LogP contribution in [0.1, 0.15) is 0 Å². The fraction of sp³-hybridized carbons (Fsp3) is 0. The van der Waals surface area contributed by atoms with Gasteiger partial charge in [-0.05, 0) is 57.3 Å². The molecule has 0 bridgehead atoms. The molecule has 1 heterocycles. The van der Waals surface area contributed by atoms with Gasteiger partial charge in [-0.1, -0.05) is 109 Å². The molecule has 1 aromatic heterocycles. The molecule has 2 heteroatoms. The van der Waals surface area contributed by atoms with Gasteiger partial charge >= 0.3 is 0 Å². The van der Waals surface area contributed by atoms with Crippen LogP contribution in [0.5, 0.6) is 0 Å². The van der Waals surface area contributed by atoms with Gasteiger partial charge in [-0.15, -0.1) is 11.3 Å². The highest BCUT2D eigenvalue weighted by molar-refractivity contribution is 7.26. The number of benzene rings is 7. The summed E-state index contributed by atoms with van der Waals surface area (Å²) in [6.45, 7) is 0. The molecule has 8 rings (SSSR count). The maximum absolute atomic E-state index is 2.47. The number of anilines is 3. The van der Waals surface area contributed by atoms with Crippen molar-refractivity contribution in [2.75, 3.05) is 4.90 Å². The summed E-state index contributed by atoms with van der Waals surface area (Å²) >= 11 is 1.88. The van der Waals surface area contributed by atoms with E-state index in [1.807, 2.05) is 11.3 Å². The minimum atomic E-state index is 1.16. The summed E-state index contributed by atoms with van der Waals surface area (Å²) in [6.07, 6.45) is 0. The van der Waals surface area contributed by atoms with E-state index in [2.05, 4.69) is 144 Å². The van der Waals surface area contributed by atoms with E-state index in [0.29, 0.717) is 0 Å². The molecule has 178 valence electrons. The van der Waals surface area contributed by atoms with E-state index in [0.717, 1.165) is 5.69 Å². The quantitative estimate of drug-likeness (QED) is 0.218. The van der Waals surface area contributed by atoms with Gasteiger partial charge in [0.05, 0.1) is 16.1 Å². The van der Waals surface area contributed by atoms with Crippen molar-refractivity contribution in [3.63, 3.8) is 0 Å². The molecule has 0 N–H and O–H groups in total. The van der Waals surface area contributed by atoms with Crippen molar-refractivity contribution in [1.82, 2.24) is 0 Å². The first-order valence-corrected chi connectivity index (χ1v) is 13.8. The zero-order valence-electron chi connectivity index (χ0n) is 20.6. The van der Waals surface area contributed by atoms with Crippen LogP contribution in [0, 0.1) is 0 Å². The molecule has 8 aromatic rings. The molecular weight excluding hydrogens is 478 g/mol. The third-order valence-electron chi connectivity index (χ3n) is 7.60. The lowest BCUT2D eigenvalue weighted by molar-refractivity contribution is 1.33. The zero-order chi connectivity index (χ0) is 25.1. The van der Waals surface area contributed by atoms with Gasteiger partial charge in [0.2, 0.25) is 0 Å². The Morgan fingerprint density at radius 1 is 0.395 bits per heavy atom. The summed E-state index contributed by atoms with van der Waals surface area (Å²) in [5.74, 6) is 0. The predicted octanol–water partition coefficient (Wildman–Crippen LogP) is 11.0. The standard InChI is InChI=1S/C36H23NS/c1-2-11-25-22-27(21-20-24(25)10-1)37(33-18-9-17-32-31-16-7-8-19-35(31)38-36(32)33)34-23-26-12-3-4-13-28(26)29-14-5-6-15-30(29)34/h1-23H. The predicted molar refractivity (Wildman–Crippen MR) is 167 cm³/mol. The summed E-state index contributed by atoms with van der Waals surface area (Å²) in [7, 11) is 0. The van der Waals surface area contributed by atoms with Gasteiger partial charge in [0.1, 0.15) is 0 Å². The van der Waals surface area contributed by atoms with Crippen molar-refractivity contribution in [3.05, 3.63) is 140 Å². The Morgan fingerprint density at radius 2 is 1.05 bits per heavy atom. The summed E-state index contributed by atoms with van der Waals surface area (Å²) < 4.78 is 2.62. The lowest BCUT2D eigenvalue weighted by Gasteiger charge is -2.28. The van der Waals surface area contributed by atoms with Gasteiger partial charge in [0, 0.05) is 26.5 Å². The first kappa shape index (κ1) is 21.4. The van der Waals surface area contributed by atoms with Crippen molar-refractivity contribution in [2.24, 2.45) is 0 Å². The van der Waals surface area contributed by atoms with E-state index >= 15 is 0 Å². The van der Waals surface area contributed by atoms with E-state index < -0.39 is 0 Å². The molecule has 0 amide bonds. The maximum Gasteiger partial charge on any atom is 0.0640 e. The molecule has 0 saturated carbocycles. The summed E-state index contributed by atoms with van der Waals surface area (Å²) in [6, 6.07) is 50.8. The van der Waals surface area contributed by atoms with Gasteiger partial charge < -0.3 is 4.90 Å². The van der Waals surface area contributed by atoms with Crippen LogP contribution in [0.3, 0.4) is 0 Å². The molecule has 0 fully saturated rings. The Morgan fingerprint density at radius 3 is 1.92 bits per heavy atom. The van der Waals surface area contributed by atoms with Crippen LogP contribution < -0.4 is 4.90 Å². The van der Waals surface area contributed by atoms with Gasteiger partial charge in [-0.25, -0.2) is 0 Å². The van der Waals surface area contributed by atoms with E-state index in [9.17, 15) is 0 Å². The second kappa shape index (κ2) is 8.44. The number of thiophene rings is 1. The van der Waals surface area contributed by atoms with Crippen LogP contribution in [0.25, 0.3) is 52.5 Å². The SMILES string of the molecule is c1ccc2cc(N(c3cc4ccccc4c4ccccc34)c3cccc4c3sc3ccccc34)ccc2c1. The van der Waals surface area contributed by atoms with E-state index in [1.54, 1.807) is 0 Å². The summed E-state index contributed by atoms with van der Waals surface area (Å²) in [5.41, 5.74) is 3.56. The highest BCUT2D eigenvalue weighted by Gasteiger charge is 2.21. The average molecular weight is 502 g/mol. The Balaban J connectivity index is 1.51. The van der Waals surface area contributed by atoms with Gasteiger partial charge in [0.15, 0.2) is 0 Å². The number of rotatable bonds is 3. The molecule has 0 saturated heterocycles. The Hall–Kier alpha value is -4.66. The topological polar surface area (TPSA) is 3.24 Å². The molecular formula is C36H23NS. The van der Waals surface area contributed by atoms with Crippen LogP contribution in [0.4, 0.5) is 17.1 Å². The smallest absolute Gasteiger partial charge is 0.0640 e. The Bertz CT molecular complexity index is 2150. The first-order valence-electron chi connectivity index (χ1n) is 12.9. The summed E-state index contributed by atoms with van der Waals surface area (Å²) in [4.78, 5) is 2.47. The second-order valence-electron chi connectivity index (χ2n) is 9.78. The van der Waals surface area contributed by atoms with Crippen molar-refractivity contribution in [2.45, 2.75) is 0 Å². The highest BCUT2D eigenvalue weighted by Crippen LogP contribution is 2.47. The first-order chi connectivity index (χ1) is 18.8. The highest BCUT2D eigenvalue weighted by atomic mass is 32.1. The van der Waals surface area contributed by atoms with Gasteiger partial charge in [-0.3, -0.25) is 0 Å². The normalized spacial score (nSPS) is 11.7. The number of fused-ring (bicyclic) bond motifs is 7. The minimum Gasteiger partial charge on any atom is -0.308 e. The van der Waals surface area contributed by atoms with Crippen LogP contribution in [-0.2, 0) is 0 Å². The van der Waals surface area contributed by atoms with Crippen molar-refractivity contribution < 1.29 is 0 Å². The molecule has 0 radical (unpaired) electrons. The van der Waals surface area contributed by atoms with E-state index in [-0.39, 0.29) is 0 Å². The Labute approximate surface area is 224 Å². The van der Waals surface area contributed by atoms with Crippen LogP contribution in [-0.4, -0.2) is 0 Å². The number of hydrogen-bond acceptors (Lipinski definition) is 2. The third kappa shape index (κ3) is 3.24. The molecule has 0 unspecified atom stereocenters. The second-order valence-corrected chi connectivity index (χ2v) is 10.8. The van der Waals surface area contributed by atoms with E-state index in [4.69, 9.17) is 0 Å². The average Bonchev–Trinajstić information content (AvgIpc) is 3.37. The minimum absolute atomic E-state index is 1.16. The van der Waals surface area contributed by atoms with Gasteiger partial charge in [-0.2, -0.15) is 0 Å². The zero-order valence-corrected chi connectivity index (χ0v) is 21.5. The molecule has 7 aromatic carbocycles. The third-order valence-corrected chi connectivity index (χ3v) is 8.81. The lowest BCUT2D eigenvalue weighted by Crippen LogP contribution is -2.11. The molecule has 0 aliphatic carbocycles. The molecule has 0 aliphatic rings. The summed E-state index contributed by atoms with van der Waals surface area (Å²) in [5, 5.41) is 10.2. The van der Waals surface area contributed by atoms with Crippen molar-refractivity contribution >= 4 is 80.9 Å². The maximum atomic E-state index is 2.47. The molecule has 0 spiro atoms. The van der Waals surface area contributed by atoms with Crippen molar-refractivity contribution in [3.8, 4) is 0 Å². The Kier molecular flexibility index (Phi) is 4.76. The molecule has 1 nitrogen and oxygen atoms in total.